The van der Waals surface area contributed by atoms with E-state index in [1.165, 1.54) is 36.8 Å². The Morgan fingerprint density at radius 1 is 1.25 bits per heavy atom. The Kier molecular flexibility index (Phi) is 6.80. The lowest BCUT2D eigenvalue weighted by Crippen LogP contribution is -2.18. The normalized spacial score (nSPS) is 13.1. The van der Waals surface area contributed by atoms with Gasteiger partial charge in [0.1, 0.15) is 10.4 Å². The molecular formula is C21H28F2N2O2S. The van der Waals surface area contributed by atoms with Gasteiger partial charge < -0.3 is 4.74 Å². The number of hydrogen-bond acceptors (Lipinski definition) is 3. The van der Waals surface area contributed by atoms with Crippen LogP contribution in [0.5, 0.6) is 5.75 Å². The van der Waals surface area contributed by atoms with Crippen LogP contribution in [0, 0.1) is 0 Å². The molecule has 0 spiro atoms. The van der Waals surface area contributed by atoms with E-state index in [-0.39, 0.29) is 22.4 Å². The van der Waals surface area contributed by atoms with Crippen molar-refractivity contribution in [2.24, 2.45) is 4.99 Å². The van der Waals surface area contributed by atoms with Crippen molar-refractivity contribution in [2.45, 2.75) is 65.3 Å². The van der Waals surface area contributed by atoms with Crippen LogP contribution < -0.4 is 9.41 Å². The summed E-state index contributed by atoms with van der Waals surface area (Å²) in [4.78, 5) is 17.1. The van der Waals surface area contributed by atoms with Gasteiger partial charge in [-0.1, -0.05) is 13.3 Å². The van der Waals surface area contributed by atoms with E-state index in [0.29, 0.717) is 4.67 Å². The second kappa shape index (κ2) is 8.55. The number of aromatic nitrogens is 1. The van der Waals surface area contributed by atoms with Gasteiger partial charge in [0.15, 0.2) is 0 Å². The highest BCUT2D eigenvalue weighted by molar-refractivity contribution is 7.04. The number of amides is 1. The van der Waals surface area contributed by atoms with Crippen molar-refractivity contribution in [1.82, 2.24) is 3.96 Å². The number of unbranched alkanes of at least 4 members (excludes halogenated alkanes) is 1. The number of methoxy groups -OCH3 is 1. The van der Waals surface area contributed by atoms with Crippen LogP contribution in [0.25, 0.3) is 0 Å². The molecule has 0 bridgehead atoms. The van der Waals surface area contributed by atoms with E-state index < -0.39 is 11.8 Å². The van der Waals surface area contributed by atoms with Crippen LogP contribution >= 0.6 is 11.5 Å². The number of carbonyl (C=O) groups excluding carboxylic acids is 1. The molecule has 0 radical (unpaired) electrons. The summed E-state index contributed by atoms with van der Waals surface area (Å²) in [5, 5.41) is 0. The maximum absolute atomic E-state index is 13.7. The highest BCUT2D eigenvalue weighted by Gasteiger charge is 2.27. The Hall–Kier alpha value is -2.02. The van der Waals surface area contributed by atoms with Gasteiger partial charge in [-0.2, -0.15) is 4.99 Å². The molecule has 0 saturated carbocycles. The number of ether oxygens (including phenoxy) is 1. The molecule has 4 nitrogen and oxygen atoms in total. The number of hydrogen-bond donors (Lipinski definition) is 0. The Labute approximate surface area is 169 Å². The maximum Gasteiger partial charge on any atom is 0.282 e. The van der Waals surface area contributed by atoms with Crippen LogP contribution in [0.15, 0.2) is 29.4 Å². The van der Waals surface area contributed by atoms with Crippen LogP contribution in [-0.2, 0) is 17.9 Å². The summed E-state index contributed by atoms with van der Waals surface area (Å²) < 4.78 is 35.3. The van der Waals surface area contributed by atoms with E-state index in [0.717, 1.165) is 31.7 Å². The first kappa shape index (κ1) is 22.3. The summed E-state index contributed by atoms with van der Waals surface area (Å²) in [6.45, 7) is 9.14. The zero-order chi connectivity index (χ0) is 21.1. The number of carbonyl (C=O) groups is 1. The molecule has 0 N–H and O–H groups in total. The first-order valence-electron chi connectivity index (χ1n) is 9.35. The minimum atomic E-state index is -3.05. The summed E-state index contributed by atoms with van der Waals surface area (Å²) in [7, 11) is 1.40. The minimum Gasteiger partial charge on any atom is -0.496 e. The molecule has 7 heteroatoms. The van der Waals surface area contributed by atoms with Gasteiger partial charge in [0.05, 0.1) is 12.7 Å². The summed E-state index contributed by atoms with van der Waals surface area (Å²) in [5.41, 5.74) is 0.656. The summed E-state index contributed by atoms with van der Waals surface area (Å²) in [6.07, 6.45) is 4.85. The molecule has 1 amide bonds. The van der Waals surface area contributed by atoms with Gasteiger partial charge in [0.2, 0.25) is 0 Å². The highest BCUT2D eigenvalue weighted by Crippen LogP contribution is 2.31. The SMILES string of the molecule is CCCCc1cn(C(C)(C)C)s/c1=N\C(=O)c1cc(C(C)(F)F)ccc1OC. The van der Waals surface area contributed by atoms with E-state index in [1.54, 1.807) is 0 Å². The Morgan fingerprint density at radius 3 is 2.46 bits per heavy atom. The second-order valence-electron chi connectivity index (χ2n) is 7.87. The van der Waals surface area contributed by atoms with Gasteiger partial charge in [-0.3, -0.25) is 8.75 Å². The second-order valence-corrected chi connectivity index (χ2v) is 8.83. The van der Waals surface area contributed by atoms with Crippen LogP contribution in [0.3, 0.4) is 0 Å². The Morgan fingerprint density at radius 2 is 1.93 bits per heavy atom. The molecule has 0 aliphatic carbocycles. The molecule has 1 heterocycles. The van der Waals surface area contributed by atoms with Crippen LogP contribution in [0.2, 0.25) is 0 Å². The van der Waals surface area contributed by atoms with Crippen molar-refractivity contribution in [2.75, 3.05) is 7.11 Å². The molecule has 0 atom stereocenters. The zero-order valence-electron chi connectivity index (χ0n) is 17.3. The van der Waals surface area contributed by atoms with Crippen LogP contribution in [0.4, 0.5) is 8.78 Å². The third-order valence-corrected chi connectivity index (χ3v) is 5.71. The number of nitrogens with zero attached hydrogens (tertiary/aromatic N) is 2. The third-order valence-electron chi connectivity index (χ3n) is 4.33. The van der Waals surface area contributed by atoms with E-state index in [2.05, 4.69) is 36.6 Å². The maximum atomic E-state index is 13.7. The van der Waals surface area contributed by atoms with Gasteiger partial charge in [-0.05, 0) is 63.3 Å². The molecule has 28 heavy (non-hydrogen) atoms. The zero-order valence-corrected chi connectivity index (χ0v) is 18.1. The number of aryl methyl sites for hydroxylation is 1. The summed E-state index contributed by atoms with van der Waals surface area (Å²) in [5.74, 6) is -3.40. The fourth-order valence-corrected chi connectivity index (χ4v) is 3.67. The molecule has 2 rings (SSSR count). The van der Waals surface area contributed by atoms with Crippen molar-refractivity contribution in [3.63, 3.8) is 0 Å². The predicted molar refractivity (Wildman–Crippen MR) is 108 cm³/mol. The Balaban J connectivity index is 2.55. The van der Waals surface area contributed by atoms with Crippen molar-refractivity contribution < 1.29 is 18.3 Å². The van der Waals surface area contributed by atoms with E-state index >= 15 is 0 Å². The largest absolute Gasteiger partial charge is 0.496 e. The van der Waals surface area contributed by atoms with Gasteiger partial charge in [0.25, 0.3) is 11.8 Å². The van der Waals surface area contributed by atoms with Gasteiger partial charge >= 0.3 is 0 Å². The van der Waals surface area contributed by atoms with E-state index in [9.17, 15) is 13.6 Å². The standard InChI is InChI=1S/C21H28F2N2O2S/c1-7-8-9-14-13-25(20(2,3)4)28-19(14)24-18(26)16-12-15(21(5,22)23)10-11-17(16)27-6/h10-13H,7-9H2,1-6H3/b24-19-. The minimum absolute atomic E-state index is 0.0404. The molecule has 154 valence electrons. The van der Waals surface area contributed by atoms with Crippen molar-refractivity contribution >= 4 is 17.4 Å². The quantitative estimate of drug-likeness (QED) is 0.630. The molecule has 0 fully saturated rings. The van der Waals surface area contributed by atoms with Gasteiger partial charge in [-0.15, -0.1) is 0 Å². The lowest BCUT2D eigenvalue weighted by Gasteiger charge is -2.19. The molecular weight excluding hydrogens is 382 g/mol. The number of halogens is 2. The molecule has 0 saturated heterocycles. The number of rotatable bonds is 6. The lowest BCUT2D eigenvalue weighted by atomic mass is 10.0. The molecule has 0 unspecified atom stereocenters. The van der Waals surface area contributed by atoms with Gasteiger partial charge in [0, 0.05) is 29.8 Å². The number of benzene rings is 1. The molecule has 0 aliphatic rings. The topological polar surface area (TPSA) is 43.6 Å². The molecule has 1 aromatic carbocycles. The molecule has 2 aromatic rings. The molecule has 1 aromatic heterocycles. The predicted octanol–water partition coefficient (Wildman–Crippen LogP) is 5.51. The van der Waals surface area contributed by atoms with Crippen molar-refractivity contribution in [3.05, 3.63) is 45.8 Å². The van der Waals surface area contributed by atoms with Crippen LogP contribution in [0.1, 0.15) is 68.9 Å². The first-order chi connectivity index (χ1) is 13.0. The fourth-order valence-electron chi connectivity index (χ4n) is 2.64. The smallest absolute Gasteiger partial charge is 0.282 e. The van der Waals surface area contributed by atoms with Gasteiger partial charge in [-0.25, -0.2) is 8.78 Å². The Bertz CT molecular complexity index is 902. The average Bonchev–Trinajstić information content (AvgIpc) is 3.01. The highest BCUT2D eigenvalue weighted by atomic mass is 32.1. The lowest BCUT2D eigenvalue weighted by molar-refractivity contribution is 0.0174. The molecule has 0 aliphatic heterocycles. The number of alkyl halides is 2. The van der Waals surface area contributed by atoms with Crippen molar-refractivity contribution in [3.8, 4) is 5.75 Å². The third kappa shape index (κ3) is 5.28. The van der Waals surface area contributed by atoms with Crippen LogP contribution in [-0.4, -0.2) is 17.0 Å². The first-order valence-corrected chi connectivity index (χ1v) is 10.1. The van der Waals surface area contributed by atoms with E-state index in [1.807, 2.05) is 6.20 Å². The summed E-state index contributed by atoms with van der Waals surface area (Å²) in [6, 6.07) is 3.82. The summed E-state index contributed by atoms with van der Waals surface area (Å²) >= 11 is 1.40. The van der Waals surface area contributed by atoms with E-state index in [4.69, 9.17) is 4.74 Å². The van der Waals surface area contributed by atoms with Crippen molar-refractivity contribution in [1.29, 1.82) is 0 Å². The fraction of sp³-hybridized carbons (Fsp3) is 0.524. The average molecular weight is 411 g/mol. The monoisotopic (exact) mass is 410 g/mol.